The first-order chi connectivity index (χ1) is 22.4. The normalized spacial score (nSPS) is 16.3. The topological polar surface area (TPSA) is 139 Å². The summed E-state index contributed by atoms with van der Waals surface area (Å²) in [6.07, 6.45) is 4.35. The van der Waals surface area contributed by atoms with E-state index < -0.39 is 0 Å². The van der Waals surface area contributed by atoms with Crippen LogP contribution in [0.1, 0.15) is 61.1 Å². The fourth-order valence-corrected chi connectivity index (χ4v) is 6.11. The number of aryl methyl sites for hydroxylation is 1. The fourth-order valence-electron chi connectivity index (χ4n) is 5.24. The summed E-state index contributed by atoms with van der Waals surface area (Å²) in [5.74, 6) is 0.361. The van der Waals surface area contributed by atoms with Gasteiger partial charge in [0.05, 0.1) is 70.0 Å². The number of anilines is 1. The molecule has 1 aliphatic carbocycles. The van der Waals surface area contributed by atoms with Gasteiger partial charge in [0.25, 0.3) is 0 Å². The van der Waals surface area contributed by atoms with E-state index in [0.717, 1.165) is 43.6 Å². The molecule has 11 nitrogen and oxygen atoms in total. The Morgan fingerprint density at radius 2 is 1.54 bits per heavy atom. The van der Waals surface area contributed by atoms with Gasteiger partial charge in [-0.3, -0.25) is 4.79 Å². The van der Waals surface area contributed by atoms with Gasteiger partial charge in [0, 0.05) is 18.8 Å². The van der Waals surface area contributed by atoms with Crippen molar-refractivity contribution in [3.8, 4) is 12.1 Å². The molecule has 1 heterocycles. The first-order valence-electron chi connectivity index (χ1n) is 16.1. The number of ether oxygens (including phenoxy) is 5. The summed E-state index contributed by atoms with van der Waals surface area (Å²) >= 11 is 1.18. The number of benzene rings is 1. The van der Waals surface area contributed by atoms with E-state index in [1.54, 1.807) is 6.92 Å². The van der Waals surface area contributed by atoms with Crippen molar-refractivity contribution >= 4 is 33.7 Å². The molecule has 12 heteroatoms. The van der Waals surface area contributed by atoms with Gasteiger partial charge in [-0.2, -0.15) is 10.5 Å². The van der Waals surface area contributed by atoms with E-state index in [4.69, 9.17) is 23.7 Å². The highest BCUT2D eigenvalue weighted by molar-refractivity contribution is 7.16. The highest BCUT2D eigenvalue weighted by Crippen LogP contribution is 2.36. The van der Waals surface area contributed by atoms with Crippen LogP contribution < -0.4 is 4.90 Å². The number of likely N-dealkylation sites (N-methyl/N-ethyl adjacent to an activating group) is 1. The van der Waals surface area contributed by atoms with E-state index in [9.17, 15) is 15.3 Å². The van der Waals surface area contributed by atoms with Crippen LogP contribution in [0, 0.1) is 48.3 Å². The van der Waals surface area contributed by atoms with Crippen molar-refractivity contribution in [2.24, 2.45) is 22.1 Å². The first kappa shape index (κ1) is 37.1. The summed E-state index contributed by atoms with van der Waals surface area (Å²) in [7, 11) is 0. The molecule has 46 heavy (non-hydrogen) atoms. The number of hydrogen-bond acceptors (Lipinski definition) is 12. The molecule has 0 aliphatic heterocycles. The van der Waals surface area contributed by atoms with Crippen LogP contribution >= 0.6 is 11.3 Å². The Morgan fingerprint density at radius 3 is 2.13 bits per heavy atom. The lowest BCUT2D eigenvalue weighted by atomic mass is 9.80. The van der Waals surface area contributed by atoms with Crippen LogP contribution in [0.15, 0.2) is 28.4 Å². The molecule has 1 aliphatic rings. The molecule has 2 atom stereocenters. The maximum atomic E-state index is 12.2. The van der Waals surface area contributed by atoms with Crippen LogP contribution in [0.4, 0.5) is 16.4 Å². The number of esters is 1. The molecule has 1 aromatic carbocycles. The minimum absolute atomic E-state index is 0.0387. The molecule has 3 rings (SSSR count). The summed E-state index contributed by atoms with van der Waals surface area (Å²) < 4.78 is 27.8. The van der Waals surface area contributed by atoms with Crippen LogP contribution in [0.2, 0.25) is 0 Å². The van der Waals surface area contributed by atoms with Crippen LogP contribution in [0.25, 0.3) is 0 Å². The molecular formula is C34H47N5O6S. The summed E-state index contributed by atoms with van der Waals surface area (Å²) in [6, 6.07) is 10.2. The van der Waals surface area contributed by atoms with Crippen molar-refractivity contribution in [2.45, 2.75) is 53.4 Å². The SMILES string of the molecule is CCN(CCOCCOCCOCCOCCOC(=O)C1CCCCC1C)c1ccc(N=Nc2sc(C#N)c(C)c2C#N)c(C)c1. The molecule has 1 fully saturated rings. The lowest BCUT2D eigenvalue weighted by molar-refractivity contribution is -0.153. The maximum Gasteiger partial charge on any atom is 0.309 e. The largest absolute Gasteiger partial charge is 0.463 e. The van der Waals surface area contributed by atoms with Crippen molar-refractivity contribution in [1.82, 2.24) is 0 Å². The molecule has 0 radical (unpaired) electrons. The van der Waals surface area contributed by atoms with Gasteiger partial charge in [-0.15, -0.1) is 21.6 Å². The molecule has 0 spiro atoms. The van der Waals surface area contributed by atoms with Crippen molar-refractivity contribution in [3.63, 3.8) is 0 Å². The van der Waals surface area contributed by atoms with Crippen molar-refractivity contribution in [1.29, 1.82) is 10.5 Å². The van der Waals surface area contributed by atoms with Gasteiger partial charge < -0.3 is 28.6 Å². The highest BCUT2D eigenvalue weighted by atomic mass is 32.1. The maximum absolute atomic E-state index is 12.2. The van der Waals surface area contributed by atoms with Gasteiger partial charge in [0.2, 0.25) is 0 Å². The molecule has 0 N–H and O–H groups in total. The zero-order valence-electron chi connectivity index (χ0n) is 27.6. The standard InChI is InChI=1S/C34H47N5O6S/c1-5-39(28-10-11-31(26(3)22-28)37-38-33-30(23-35)27(4)32(24-36)46-33)12-13-41-14-15-42-16-17-43-18-19-44-20-21-45-34(40)29-9-7-6-8-25(29)2/h10-11,22,25,29H,5-9,12-21H2,1-4H3. The zero-order valence-corrected chi connectivity index (χ0v) is 28.4. The number of nitrogens with zero attached hydrogens (tertiary/aromatic N) is 5. The number of carbonyl (C=O) groups is 1. The monoisotopic (exact) mass is 653 g/mol. The third-order valence-corrected chi connectivity index (χ3v) is 9.11. The fraction of sp³-hybridized carbons (Fsp3) is 0.618. The number of nitriles is 2. The summed E-state index contributed by atoms with van der Waals surface area (Å²) in [4.78, 5) is 14.9. The van der Waals surface area contributed by atoms with Crippen LogP contribution in [0.5, 0.6) is 0 Å². The van der Waals surface area contributed by atoms with Gasteiger partial charge in [-0.25, -0.2) is 0 Å². The van der Waals surface area contributed by atoms with Gasteiger partial charge >= 0.3 is 5.97 Å². The zero-order chi connectivity index (χ0) is 33.1. The van der Waals surface area contributed by atoms with E-state index in [1.807, 2.05) is 19.1 Å². The van der Waals surface area contributed by atoms with Gasteiger partial charge in [0.15, 0.2) is 5.00 Å². The third-order valence-electron chi connectivity index (χ3n) is 8.03. The molecule has 1 aromatic heterocycles. The van der Waals surface area contributed by atoms with E-state index in [-0.39, 0.29) is 18.5 Å². The average Bonchev–Trinajstić information content (AvgIpc) is 3.37. The van der Waals surface area contributed by atoms with Crippen LogP contribution in [0.3, 0.4) is 0 Å². The Labute approximate surface area is 277 Å². The Kier molecular flexibility index (Phi) is 16.7. The van der Waals surface area contributed by atoms with E-state index >= 15 is 0 Å². The van der Waals surface area contributed by atoms with E-state index in [1.165, 1.54) is 17.8 Å². The molecule has 0 saturated heterocycles. The summed E-state index contributed by atoms with van der Waals surface area (Å²) in [6.45, 7) is 13.6. The highest BCUT2D eigenvalue weighted by Gasteiger charge is 2.28. The van der Waals surface area contributed by atoms with Gasteiger partial charge in [0.1, 0.15) is 23.6 Å². The molecule has 250 valence electrons. The predicted octanol–water partition coefficient (Wildman–Crippen LogP) is 6.79. The van der Waals surface area contributed by atoms with Crippen LogP contribution in [-0.2, 0) is 28.5 Å². The average molecular weight is 654 g/mol. The summed E-state index contributed by atoms with van der Waals surface area (Å²) in [5.41, 5.74) is 3.77. The quantitative estimate of drug-likeness (QED) is 0.0859. The second-order valence-electron chi connectivity index (χ2n) is 11.2. The van der Waals surface area contributed by atoms with Crippen molar-refractivity contribution in [3.05, 3.63) is 39.8 Å². The van der Waals surface area contributed by atoms with Crippen molar-refractivity contribution in [2.75, 3.05) is 77.5 Å². The third kappa shape index (κ3) is 11.8. The Hall–Kier alpha value is -3.39. The number of thiophene rings is 1. The molecule has 0 bridgehead atoms. The second kappa shape index (κ2) is 20.7. The Bertz CT molecular complexity index is 1350. The summed E-state index contributed by atoms with van der Waals surface area (Å²) in [5, 5.41) is 27.7. The second-order valence-corrected chi connectivity index (χ2v) is 12.2. The number of azo groups is 1. The van der Waals surface area contributed by atoms with Gasteiger partial charge in [-0.05, 0) is 68.9 Å². The van der Waals surface area contributed by atoms with Crippen molar-refractivity contribution < 1.29 is 28.5 Å². The lowest BCUT2D eigenvalue weighted by Crippen LogP contribution is -2.28. The molecule has 2 unspecified atom stereocenters. The molecular weight excluding hydrogens is 606 g/mol. The predicted molar refractivity (Wildman–Crippen MR) is 177 cm³/mol. The Balaban J connectivity index is 1.21. The molecule has 0 amide bonds. The smallest absolute Gasteiger partial charge is 0.309 e. The first-order valence-corrected chi connectivity index (χ1v) is 16.9. The van der Waals surface area contributed by atoms with Gasteiger partial charge in [-0.1, -0.05) is 19.8 Å². The molecule has 1 saturated carbocycles. The number of hydrogen-bond donors (Lipinski definition) is 0. The van der Waals surface area contributed by atoms with Crippen LogP contribution in [-0.4, -0.2) is 78.5 Å². The Morgan fingerprint density at radius 1 is 0.913 bits per heavy atom. The number of carbonyl (C=O) groups excluding carboxylic acids is 1. The number of rotatable bonds is 20. The van der Waals surface area contributed by atoms with E-state index in [2.05, 4.69) is 47.2 Å². The van der Waals surface area contributed by atoms with E-state index in [0.29, 0.717) is 85.5 Å². The minimum Gasteiger partial charge on any atom is -0.463 e. The lowest BCUT2D eigenvalue weighted by Gasteiger charge is -2.26. The minimum atomic E-state index is -0.0865. The molecule has 2 aromatic rings.